The summed E-state index contributed by atoms with van der Waals surface area (Å²) in [6, 6.07) is 5.56. The van der Waals surface area contributed by atoms with Crippen LogP contribution in [0.5, 0.6) is 0 Å². The SMILES string of the molecule is CCOC(=O)Cc1cccc(Br)c1CC(=O)CBr. The van der Waals surface area contributed by atoms with E-state index in [1.807, 2.05) is 18.2 Å². The Balaban J connectivity index is 2.93. The quantitative estimate of drug-likeness (QED) is 0.565. The highest BCUT2D eigenvalue weighted by Gasteiger charge is 2.13. The van der Waals surface area contributed by atoms with Gasteiger partial charge in [-0.1, -0.05) is 44.0 Å². The maximum Gasteiger partial charge on any atom is 0.310 e. The molecule has 0 fully saturated rings. The van der Waals surface area contributed by atoms with Gasteiger partial charge in [-0.05, 0) is 24.1 Å². The molecule has 0 unspecified atom stereocenters. The molecule has 0 spiro atoms. The topological polar surface area (TPSA) is 43.4 Å². The molecule has 1 rings (SSSR count). The van der Waals surface area contributed by atoms with Gasteiger partial charge in [-0.25, -0.2) is 0 Å². The first-order valence-corrected chi connectivity index (χ1v) is 7.49. The normalized spacial score (nSPS) is 10.2. The summed E-state index contributed by atoms with van der Waals surface area (Å²) >= 11 is 6.55. The lowest BCUT2D eigenvalue weighted by Crippen LogP contribution is -2.12. The van der Waals surface area contributed by atoms with Crippen molar-refractivity contribution < 1.29 is 14.3 Å². The molecule has 0 aromatic heterocycles. The molecule has 0 aliphatic rings. The molecule has 18 heavy (non-hydrogen) atoms. The van der Waals surface area contributed by atoms with E-state index in [4.69, 9.17) is 4.74 Å². The minimum Gasteiger partial charge on any atom is -0.466 e. The van der Waals surface area contributed by atoms with Crippen LogP contribution in [0.4, 0.5) is 0 Å². The Kier molecular flexibility index (Phi) is 6.57. The number of carbonyl (C=O) groups excluding carboxylic acids is 2. The van der Waals surface area contributed by atoms with Crippen molar-refractivity contribution in [2.75, 3.05) is 11.9 Å². The van der Waals surface area contributed by atoms with Crippen molar-refractivity contribution in [3.05, 3.63) is 33.8 Å². The molecule has 98 valence electrons. The van der Waals surface area contributed by atoms with Crippen molar-refractivity contribution in [2.24, 2.45) is 0 Å². The monoisotopic (exact) mass is 376 g/mol. The molecule has 3 nitrogen and oxygen atoms in total. The number of ketones is 1. The fourth-order valence-electron chi connectivity index (χ4n) is 1.58. The molecular weight excluding hydrogens is 364 g/mol. The third-order valence-electron chi connectivity index (χ3n) is 2.38. The van der Waals surface area contributed by atoms with Crippen LogP contribution in [-0.2, 0) is 27.2 Å². The second-order valence-corrected chi connectivity index (χ2v) is 5.12. The summed E-state index contributed by atoms with van der Waals surface area (Å²) < 4.78 is 5.77. The van der Waals surface area contributed by atoms with Crippen LogP contribution in [0, 0.1) is 0 Å². The molecule has 0 bridgehead atoms. The summed E-state index contributed by atoms with van der Waals surface area (Å²) in [5, 5.41) is 0.313. The standard InChI is InChI=1S/C13H14Br2O3/c1-2-18-13(17)6-9-4-3-5-12(15)11(9)7-10(16)8-14/h3-5H,2,6-8H2,1H3. The Bertz CT molecular complexity index is 444. The number of carbonyl (C=O) groups is 2. The van der Waals surface area contributed by atoms with Crippen molar-refractivity contribution in [3.63, 3.8) is 0 Å². The van der Waals surface area contributed by atoms with Crippen molar-refractivity contribution in [3.8, 4) is 0 Å². The van der Waals surface area contributed by atoms with E-state index in [0.29, 0.717) is 18.4 Å². The van der Waals surface area contributed by atoms with Crippen LogP contribution >= 0.6 is 31.9 Å². The summed E-state index contributed by atoms with van der Waals surface area (Å²) in [5.74, 6) is -0.199. The number of rotatable bonds is 6. The second-order valence-electron chi connectivity index (χ2n) is 3.71. The Hall–Kier alpha value is -0.680. The van der Waals surface area contributed by atoms with E-state index in [2.05, 4.69) is 31.9 Å². The zero-order valence-corrected chi connectivity index (χ0v) is 13.2. The number of Topliss-reactive ketones (excluding diaryl/α,β-unsaturated/α-hetero) is 1. The van der Waals surface area contributed by atoms with Gasteiger partial charge in [0.25, 0.3) is 0 Å². The van der Waals surface area contributed by atoms with Crippen molar-refractivity contribution in [1.82, 2.24) is 0 Å². The number of benzene rings is 1. The number of halogens is 2. The highest BCUT2D eigenvalue weighted by atomic mass is 79.9. The molecule has 0 saturated heterocycles. The van der Waals surface area contributed by atoms with E-state index in [0.717, 1.165) is 15.6 Å². The first-order chi connectivity index (χ1) is 8.58. The molecule has 0 saturated carbocycles. The first kappa shape index (κ1) is 15.4. The molecular formula is C13H14Br2O3. The zero-order chi connectivity index (χ0) is 13.5. The minimum absolute atomic E-state index is 0.0759. The van der Waals surface area contributed by atoms with E-state index in [-0.39, 0.29) is 18.2 Å². The third kappa shape index (κ3) is 4.53. The Morgan fingerprint density at radius 3 is 2.61 bits per heavy atom. The van der Waals surface area contributed by atoms with Crippen LogP contribution in [0.15, 0.2) is 22.7 Å². The van der Waals surface area contributed by atoms with Crippen LogP contribution in [0.1, 0.15) is 18.1 Å². The Morgan fingerprint density at radius 2 is 2.00 bits per heavy atom. The fraction of sp³-hybridized carbons (Fsp3) is 0.385. The average Bonchev–Trinajstić information content (AvgIpc) is 2.33. The van der Waals surface area contributed by atoms with Crippen LogP contribution in [-0.4, -0.2) is 23.7 Å². The largest absolute Gasteiger partial charge is 0.466 e. The maximum atomic E-state index is 11.5. The van der Waals surface area contributed by atoms with Gasteiger partial charge in [-0.2, -0.15) is 0 Å². The van der Waals surface area contributed by atoms with Crippen molar-refractivity contribution in [2.45, 2.75) is 19.8 Å². The summed E-state index contributed by atoms with van der Waals surface area (Å²) in [6.45, 7) is 2.14. The van der Waals surface area contributed by atoms with Gasteiger partial charge < -0.3 is 4.74 Å². The smallest absolute Gasteiger partial charge is 0.310 e. The molecule has 0 N–H and O–H groups in total. The lowest BCUT2D eigenvalue weighted by atomic mass is 10.0. The average molecular weight is 378 g/mol. The zero-order valence-electron chi connectivity index (χ0n) is 10.0. The molecule has 0 heterocycles. The van der Waals surface area contributed by atoms with Crippen LogP contribution < -0.4 is 0 Å². The number of hydrogen-bond acceptors (Lipinski definition) is 3. The first-order valence-electron chi connectivity index (χ1n) is 5.58. The highest BCUT2D eigenvalue weighted by molar-refractivity contribution is 9.10. The maximum absolute atomic E-state index is 11.5. The Morgan fingerprint density at radius 1 is 1.28 bits per heavy atom. The van der Waals surface area contributed by atoms with E-state index < -0.39 is 0 Å². The molecule has 1 aromatic rings. The number of ether oxygens (including phenoxy) is 1. The van der Waals surface area contributed by atoms with E-state index in [1.54, 1.807) is 6.92 Å². The molecule has 0 aliphatic heterocycles. The van der Waals surface area contributed by atoms with Gasteiger partial charge in [-0.3, -0.25) is 9.59 Å². The fourth-order valence-corrected chi connectivity index (χ4v) is 2.32. The van der Waals surface area contributed by atoms with Crippen LogP contribution in [0.25, 0.3) is 0 Å². The predicted molar refractivity (Wildman–Crippen MR) is 77.0 cm³/mol. The third-order valence-corrected chi connectivity index (χ3v) is 3.75. The van der Waals surface area contributed by atoms with E-state index in [1.165, 1.54) is 0 Å². The summed E-state index contributed by atoms with van der Waals surface area (Å²) in [4.78, 5) is 23.0. The number of hydrogen-bond donors (Lipinski definition) is 0. The molecule has 0 atom stereocenters. The van der Waals surface area contributed by atoms with Crippen molar-refractivity contribution in [1.29, 1.82) is 0 Å². The summed E-state index contributed by atoms with van der Waals surface area (Å²) in [7, 11) is 0. The molecule has 0 radical (unpaired) electrons. The minimum atomic E-state index is -0.275. The molecule has 0 aliphatic carbocycles. The van der Waals surface area contributed by atoms with Gasteiger partial charge >= 0.3 is 5.97 Å². The molecule has 0 amide bonds. The lowest BCUT2D eigenvalue weighted by Gasteiger charge is -2.10. The number of alkyl halides is 1. The number of esters is 1. The van der Waals surface area contributed by atoms with Gasteiger partial charge in [0.2, 0.25) is 0 Å². The van der Waals surface area contributed by atoms with Gasteiger partial charge in [0.05, 0.1) is 18.4 Å². The van der Waals surface area contributed by atoms with Gasteiger partial charge in [0.1, 0.15) is 5.78 Å². The van der Waals surface area contributed by atoms with Crippen LogP contribution in [0.2, 0.25) is 0 Å². The predicted octanol–water partition coefficient (Wildman–Crippen LogP) is 3.06. The Labute approximate surface area is 123 Å². The lowest BCUT2D eigenvalue weighted by molar-refractivity contribution is -0.142. The summed E-state index contributed by atoms with van der Waals surface area (Å²) in [6.07, 6.45) is 0.500. The van der Waals surface area contributed by atoms with E-state index in [9.17, 15) is 9.59 Å². The van der Waals surface area contributed by atoms with E-state index >= 15 is 0 Å². The highest BCUT2D eigenvalue weighted by Crippen LogP contribution is 2.22. The molecule has 5 heteroatoms. The summed E-state index contributed by atoms with van der Waals surface area (Å²) in [5.41, 5.74) is 1.69. The van der Waals surface area contributed by atoms with Crippen molar-refractivity contribution >= 4 is 43.6 Å². The van der Waals surface area contributed by atoms with Gasteiger partial charge in [0.15, 0.2) is 0 Å². The van der Waals surface area contributed by atoms with Gasteiger partial charge in [-0.15, -0.1) is 0 Å². The molecule has 1 aromatic carbocycles. The van der Waals surface area contributed by atoms with Gasteiger partial charge in [0, 0.05) is 10.9 Å². The van der Waals surface area contributed by atoms with Crippen LogP contribution in [0.3, 0.4) is 0 Å². The second kappa shape index (κ2) is 7.69.